The maximum Gasteiger partial charge on any atom is 0.262 e. The highest BCUT2D eigenvalue weighted by Gasteiger charge is 2.25. The number of ether oxygens (including phenoxy) is 3. The number of fused-ring (bicyclic) bond motifs is 1. The van der Waals surface area contributed by atoms with Crippen molar-refractivity contribution in [3.63, 3.8) is 0 Å². The van der Waals surface area contributed by atoms with Crippen LogP contribution in [0.2, 0.25) is 0 Å². The van der Waals surface area contributed by atoms with E-state index in [0.717, 1.165) is 0 Å². The summed E-state index contributed by atoms with van der Waals surface area (Å²) in [5.74, 6) is 0.309. The van der Waals surface area contributed by atoms with Crippen LogP contribution in [-0.2, 0) is 11.2 Å². The number of aromatic hydroxyl groups is 1. The van der Waals surface area contributed by atoms with E-state index in [-0.39, 0.29) is 24.2 Å². The standard InChI is InChI=1S/C24H27N3O6/c1-5-6-16-9-15(10-20(31-4)22(16)28)12-25-27-24(30)21(14(2)3)26-23(29)17-7-8-18-19(11-17)33-13-32-18/h5,7-12,14,21,28H,1,6,13H2,2-4H3,(H,26,29)(H,27,30)/b25-12-. The minimum Gasteiger partial charge on any atom is -0.504 e. The summed E-state index contributed by atoms with van der Waals surface area (Å²) in [6.07, 6.45) is 3.54. The van der Waals surface area contributed by atoms with Gasteiger partial charge in [0, 0.05) is 11.1 Å². The first kappa shape index (κ1) is 23.6. The summed E-state index contributed by atoms with van der Waals surface area (Å²) in [4.78, 5) is 25.4. The van der Waals surface area contributed by atoms with Crippen molar-refractivity contribution < 1.29 is 28.9 Å². The van der Waals surface area contributed by atoms with Crippen LogP contribution in [0.4, 0.5) is 0 Å². The summed E-state index contributed by atoms with van der Waals surface area (Å²) in [7, 11) is 1.45. The van der Waals surface area contributed by atoms with E-state index in [1.165, 1.54) is 13.3 Å². The summed E-state index contributed by atoms with van der Waals surface area (Å²) in [6, 6.07) is 7.33. The van der Waals surface area contributed by atoms with Crippen LogP contribution in [0.15, 0.2) is 48.1 Å². The Hall–Kier alpha value is -4.01. The number of carbonyl (C=O) groups excluding carboxylic acids is 2. The van der Waals surface area contributed by atoms with Gasteiger partial charge >= 0.3 is 0 Å². The number of phenolic OH excluding ortho intramolecular Hbond substituents is 1. The van der Waals surface area contributed by atoms with Crippen LogP contribution < -0.4 is 25.0 Å². The molecule has 9 heteroatoms. The fraction of sp³-hybridized carbons (Fsp3) is 0.292. The van der Waals surface area contributed by atoms with E-state index in [4.69, 9.17) is 14.2 Å². The lowest BCUT2D eigenvalue weighted by molar-refractivity contribution is -0.123. The molecule has 2 amide bonds. The van der Waals surface area contributed by atoms with Gasteiger partial charge in [-0.05, 0) is 48.2 Å². The number of benzene rings is 2. The Kier molecular flexibility index (Phi) is 7.55. The van der Waals surface area contributed by atoms with E-state index < -0.39 is 17.9 Å². The fourth-order valence-electron chi connectivity index (χ4n) is 3.27. The largest absolute Gasteiger partial charge is 0.504 e. The molecule has 3 N–H and O–H groups in total. The van der Waals surface area contributed by atoms with Crippen molar-refractivity contribution in [2.24, 2.45) is 11.0 Å². The van der Waals surface area contributed by atoms with Gasteiger partial charge in [0.1, 0.15) is 6.04 Å². The number of nitrogens with zero attached hydrogens (tertiary/aromatic N) is 1. The third kappa shape index (κ3) is 5.62. The molecule has 0 aromatic heterocycles. The Bertz CT molecular complexity index is 1080. The predicted molar refractivity (Wildman–Crippen MR) is 123 cm³/mol. The summed E-state index contributed by atoms with van der Waals surface area (Å²) in [6.45, 7) is 7.42. The zero-order valence-electron chi connectivity index (χ0n) is 18.8. The number of amides is 2. The van der Waals surface area contributed by atoms with Gasteiger partial charge in [-0.25, -0.2) is 5.43 Å². The van der Waals surface area contributed by atoms with Gasteiger partial charge in [0.05, 0.1) is 13.3 Å². The predicted octanol–water partition coefficient (Wildman–Crippen LogP) is 2.76. The number of nitrogens with one attached hydrogen (secondary N) is 2. The molecule has 1 aliphatic rings. The Morgan fingerprint density at radius 2 is 2.00 bits per heavy atom. The molecule has 0 spiro atoms. The second-order valence-electron chi connectivity index (χ2n) is 7.72. The van der Waals surface area contributed by atoms with Crippen molar-refractivity contribution in [3.05, 3.63) is 59.7 Å². The van der Waals surface area contributed by atoms with Crippen LogP contribution in [0.1, 0.15) is 35.3 Å². The SMILES string of the molecule is C=CCc1cc(/C=N\NC(=O)C(NC(=O)c2ccc3c(c2)OCO3)C(C)C)cc(OC)c1O. The zero-order valence-corrected chi connectivity index (χ0v) is 18.8. The van der Waals surface area contributed by atoms with Crippen LogP contribution in [0, 0.1) is 5.92 Å². The average Bonchev–Trinajstić information content (AvgIpc) is 3.27. The third-order valence-electron chi connectivity index (χ3n) is 5.02. The van der Waals surface area contributed by atoms with Crippen molar-refractivity contribution in [1.82, 2.24) is 10.7 Å². The number of hydrogen-bond acceptors (Lipinski definition) is 7. The Balaban J connectivity index is 1.68. The number of hydrazone groups is 1. The molecule has 1 heterocycles. The quantitative estimate of drug-likeness (QED) is 0.305. The molecule has 2 aromatic carbocycles. The lowest BCUT2D eigenvalue weighted by Gasteiger charge is -2.20. The normalized spacial score (nSPS) is 13.1. The molecule has 174 valence electrons. The highest BCUT2D eigenvalue weighted by molar-refractivity contribution is 5.98. The summed E-state index contributed by atoms with van der Waals surface area (Å²) < 4.78 is 15.7. The molecule has 0 fully saturated rings. The average molecular weight is 453 g/mol. The van der Waals surface area contributed by atoms with Gasteiger partial charge in [-0.3, -0.25) is 9.59 Å². The molecule has 1 atom stereocenters. The third-order valence-corrected chi connectivity index (χ3v) is 5.02. The van der Waals surface area contributed by atoms with Gasteiger partial charge in [-0.2, -0.15) is 5.10 Å². The van der Waals surface area contributed by atoms with Gasteiger partial charge in [0.15, 0.2) is 23.0 Å². The van der Waals surface area contributed by atoms with Crippen molar-refractivity contribution >= 4 is 18.0 Å². The maximum atomic E-state index is 12.7. The Morgan fingerprint density at radius 3 is 2.70 bits per heavy atom. The maximum absolute atomic E-state index is 12.7. The molecule has 0 aliphatic carbocycles. The molecule has 33 heavy (non-hydrogen) atoms. The summed E-state index contributed by atoms with van der Waals surface area (Å²) in [5, 5.41) is 16.9. The zero-order chi connectivity index (χ0) is 24.0. The second kappa shape index (κ2) is 10.5. The van der Waals surface area contributed by atoms with Crippen molar-refractivity contribution in [3.8, 4) is 23.0 Å². The lowest BCUT2D eigenvalue weighted by Crippen LogP contribution is -2.48. The van der Waals surface area contributed by atoms with Crippen molar-refractivity contribution in [2.45, 2.75) is 26.3 Å². The molecule has 0 saturated carbocycles. The molecule has 0 saturated heterocycles. The second-order valence-corrected chi connectivity index (χ2v) is 7.72. The van der Waals surface area contributed by atoms with Crippen LogP contribution >= 0.6 is 0 Å². The molecular formula is C24H27N3O6. The molecule has 0 radical (unpaired) electrons. The Labute approximate surface area is 192 Å². The van der Waals surface area contributed by atoms with Gasteiger partial charge in [0.25, 0.3) is 11.8 Å². The number of methoxy groups -OCH3 is 1. The van der Waals surface area contributed by atoms with E-state index in [0.29, 0.717) is 34.6 Å². The van der Waals surface area contributed by atoms with Gasteiger partial charge in [-0.1, -0.05) is 19.9 Å². The van der Waals surface area contributed by atoms with Gasteiger partial charge < -0.3 is 24.6 Å². The molecule has 2 aromatic rings. The van der Waals surface area contributed by atoms with Crippen molar-refractivity contribution in [1.29, 1.82) is 0 Å². The van der Waals surface area contributed by atoms with Gasteiger partial charge in [-0.15, -0.1) is 6.58 Å². The highest BCUT2D eigenvalue weighted by Crippen LogP contribution is 2.33. The Morgan fingerprint density at radius 1 is 1.24 bits per heavy atom. The van der Waals surface area contributed by atoms with Gasteiger partial charge in [0.2, 0.25) is 6.79 Å². The molecule has 3 rings (SSSR count). The fourth-order valence-corrected chi connectivity index (χ4v) is 3.27. The first-order valence-corrected chi connectivity index (χ1v) is 10.4. The minimum atomic E-state index is -0.814. The van der Waals surface area contributed by atoms with E-state index in [2.05, 4.69) is 22.4 Å². The van der Waals surface area contributed by atoms with Crippen LogP contribution in [0.3, 0.4) is 0 Å². The lowest BCUT2D eigenvalue weighted by atomic mass is 10.0. The summed E-state index contributed by atoms with van der Waals surface area (Å²) >= 11 is 0. The van der Waals surface area contributed by atoms with Crippen LogP contribution in [0.5, 0.6) is 23.0 Å². The molecule has 0 bridgehead atoms. The number of phenols is 1. The summed E-state index contributed by atoms with van der Waals surface area (Å²) in [5.41, 5.74) is 4.05. The number of carbonyl (C=O) groups is 2. The van der Waals surface area contributed by atoms with E-state index in [1.807, 2.05) is 13.8 Å². The number of allylic oxidation sites excluding steroid dienone is 1. The minimum absolute atomic E-state index is 0.0321. The van der Waals surface area contributed by atoms with Crippen LogP contribution in [-0.4, -0.2) is 43.1 Å². The molecule has 1 aliphatic heterocycles. The smallest absolute Gasteiger partial charge is 0.262 e. The van der Waals surface area contributed by atoms with Crippen molar-refractivity contribution in [2.75, 3.05) is 13.9 Å². The van der Waals surface area contributed by atoms with E-state index in [1.54, 1.807) is 36.4 Å². The number of hydrogen-bond donors (Lipinski definition) is 3. The van der Waals surface area contributed by atoms with Crippen LogP contribution in [0.25, 0.3) is 0 Å². The monoisotopic (exact) mass is 453 g/mol. The molecular weight excluding hydrogens is 426 g/mol. The molecule has 1 unspecified atom stereocenters. The first-order valence-electron chi connectivity index (χ1n) is 10.4. The van der Waals surface area contributed by atoms with E-state index >= 15 is 0 Å². The first-order chi connectivity index (χ1) is 15.8. The number of rotatable bonds is 9. The highest BCUT2D eigenvalue weighted by atomic mass is 16.7. The topological polar surface area (TPSA) is 118 Å². The van der Waals surface area contributed by atoms with E-state index in [9.17, 15) is 14.7 Å². The molecule has 9 nitrogen and oxygen atoms in total.